The van der Waals surface area contributed by atoms with Crippen molar-refractivity contribution in [3.05, 3.63) is 35.4 Å². The van der Waals surface area contributed by atoms with Gasteiger partial charge in [-0.25, -0.2) is 17.2 Å². The minimum atomic E-state index is -3.77. The van der Waals surface area contributed by atoms with Crippen molar-refractivity contribution in [1.29, 1.82) is 0 Å². The molecule has 1 aromatic rings. The molecule has 0 spiro atoms. The van der Waals surface area contributed by atoms with E-state index in [0.717, 1.165) is 25.3 Å². The molecule has 0 aliphatic rings. The van der Waals surface area contributed by atoms with E-state index in [4.69, 9.17) is 0 Å². The average Bonchev–Trinajstić information content (AvgIpc) is 2.33. The van der Waals surface area contributed by atoms with Crippen LogP contribution in [0.2, 0.25) is 0 Å². The van der Waals surface area contributed by atoms with Crippen LogP contribution in [0.15, 0.2) is 18.2 Å². The van der Waals surface area contributed by atoms with Crippen LogP contribution in [0.4, 0.5) is 8.78 Å². The van der Waals surface area contributed by atoms with Gasteiger partial charge in [0.1, 0.15) is 11.6 Å². The van der Waals surface area contributed by atoms with Crippen molar-refractivity contribution in [2.24, 2.45) is 0 Å². The Bertz CT molecular complexity index is 569. The molecule has 0 heterocycles. The predicted octanol–water partition coefficient (Wildman–Crippen LogP) is 1.83. The number of rotatable bonds is 5. The van der Waals surface area contributed by atoms with Crippen molar-refractivity contribution < 1.29 is 26.7 Å². The summed E-state index contributed by atoms with van der Waals surface area (Å²) in [6.45, 7) is 1.32. The molecule has 0 aromatic heterocycles. The predicted molar refractivity (Wildman–Crippen MR) is 65.1 cm³/mol. The SMILES string of the molecule is COC(=O)CC(C)S(=O)(=O)Cc1cc(F)ccc1F. The fraction of sp³-hybridized carbons (Fsp3) is 0.417. The Kier molecular flexibility index (Phi) is 4.99. The summed E-state index contributed by atoms with van der Waals surface area (Å²) >= 11 is 0. The average molecular weight is 292 g/mol. The van der Waals surface area contributed by atoms with Gasteiger partial charge in [-0.15, -0.1) is 0 Å². The summed E-state index contributed by atoms with van der Waals surface area (Å²) in [6, 6.07) is 2.60. The molecule has 0 saturated carbocycles. The molecule has 0 N–H and O–H groups in total. The van der Waals surface area contributed by atoms with Gasteiger partial charge in [0.25, 0.3) is 0 Å². The second kappa shape index (κ2) is 6.10. The molecule has 0 fully saturated rings. The Morgan fingerprint density at radius 1 is 1.37 bits per heavy atom. The zero-order valence-corrected chi connectivity index (χ0v) is 11.3. The molecule has 1 atom stereocenters. The fourth-order valence-electron chi connectivity index (χ4n) is 1.46. The summed E-state index contributed by atoms with van der Waals surface area (Å²) in [5.41, 5.74) is -0.253. The van der Waals surface area contributed by atoms with E-state index in [-0.39, 0.29) is 12.0 Å². The lowest BCUT2D eigenvalue weighted by Gasteiger charge is -2.12. The van der Waals surface area contributed by atoms with Gasteiger partial charge in [-0.05, 0) is 25.1 Å². The molecule has 7 heteroatoms. The first kappa shape index (κ1) is 15.6. The first-order chi connectivity index (χ1) is 8.76. The molecule has 1 aromatic carbocycles. The van der Waals surface area contributed by atoms with Crippen molar-refractivity contribution in [2.45, 2.75) is 24.3 Å². The number of carbonyl (C=O) groups excluding carboxylic acids is 1. The monoisotopic (exact) mass is 292 g/mol. The summed E-state index contributed by atoms with van der Waals surface area (Å²) in [4.78, 5) is 11.0. The second-order valence-electron chi connectivity index (χ2n) is 4.13. The van der Waals surface area contributed by atoms with Crippen LogP contribution in [-0.4, -0.2) is 26.7 Å². The number of sulfone groups is 1. The summed E-state index contributed by atoms with van der Waals surface area (Å²) in [6.07, 6.45) is -0.324. The number of hydrogen-bond acceptors (Lipinski definition) is 4. The number of esters is 1. The van der Waals surface area contributed by atoms with Crippen LogP contribution in [0.3, 0.4) is 0 Å². The molecule has 106 valence electrons. The second-order valence-corrected chi connectivity index (χ2v) is 6.55. The third kappa shape index (κ3) is 4.27. The van der Waals surface area contributed by atoms with E-state index in [2.05, 4.69) is 4.74 Å². The van der Waals surface area contributed by atoms with Gasteiger partial charge >= 0.3 is 5.97 Å². The van der Waals surface area contributed by atoms with Crippen molar-refractivity contribution in [2.75, 3.05) is 7.11 Å². The van der Waals surface area contributed by atoms with E-state index in [1.54, 1.807) is 0 Å². The van der Waals surface area contributed by atoms with Crippen LogP contribution in [0.25, 0.3) is 0 Å². The Morgan fingerprint density at radius 3 is 2.58 bits per heavy atom. The lowest BCUT2D eigenvalue weighted by Crippen LogP contribution is -2.24. The third-order valence-electron chi connectivity index (χ3n) is 2.66. The van der Waals surface area contributed by atoms with Gasteiger partial charge in [0.15, 0.2) is 9.84 Å². The molecular formula is C12H14F2O4S. The summed E-state index contributed by atoms with van der Waals surface area (Å²) in [7, 11) is -2.62. The molecule has 0 saturated heterocycles. The number of ether oxygens (including phenoxy) is 1. The molecule has 1 rings (SSSR count). The Labute approximate surface area is 110 Å². The largest absolute Gasteiger partial charge is 0.469 e. The summed E-state index contributed by atoms with van der Waals surface area (Å²) in [5, 5.41) is -1.03. The van der Waals surface area contributed by atoms with Gasteiger partial charge in [0.2, 0.25) is 0 Å². The van der Waals surface area contributed by atoms with Crippen LogP contribution >= 0.6 is 0 Å². The van der Waals surface area contributed by atoms with E-state index < -0.39 is 38.4 Å². The maximum Gasteiger partial charge on any atom is 0.306 e. The van der Waals surface area contributed by atoms with E-state index in [0.29, 0.717) is 0 Å². The molecule has 0 amide bonds. The zero-order chi connectivity index (χ0) is 14.6. The van der Waals surface area contributed by atoms with Crippen molar-refractivity contribution in [3.63, 3.8) is 0 Å². The minimum absolute atomic E-state index is 0.253. The molecule has 0 bridgehead atoms. The van der Waals surface area contributed by atoms with Gasteiger partial charge in [-0.2, -0.15) is 0 Å². The zero-order valence-electron chi connectivity index (χ0n) is 10.5. The maximum absolute atomic E-state index is 13.4. The van der Waals surface area contributed by atoms with Gasteiger partial charge in [0.05, 0.1) is 24.5 Å². The van der Waals surface area contributed by atoms with Crippen LogP contribution in [-0.2, 0) is 25.1 Å². The van der Waals surface area contributed by atoms with E-state index in [9.17, 15) is 22.0 Å². The lowest BCUT2D eigenvalue weighted by atomic mass is 10.2. The molecule has 4 nitrogen and oxygen atoms in total. The lowest BCUT2D eigenvalue weighted by molar-refractivity contribution is -0.140. The highest BCUT2D eigenvalue weighted by Crippen LogP contribution is 2.17. The van der Waals surface area contributed by atoms with Crippen LogP contribution in [0.1, 0.15) is 18.9 Å². The van der Waals surface area contributed by atoms with Gasteiger partial charge in [-0.3, -0.25) is 4.79 Å². The molecule has 0 aliphatic carbocycles. The number of methoxy groups -OCH3 is 1. The summed E-state index contributed by atoms with van der Waals surface area (Å²) < 4.78 is 54.5. The standard InChI is InChI=1S/C12H14F2O4S/c1-8(5-12(15)18-2)19(16,17)7-9-6-10(13)3-4-11(9)14/h3-4,6,8H,5,7H2,1-2H3. The van der Waals surface area contributed by atoms with Crippen molar-refractivity contribution >= 4 is 15.8 Å². The molecule has 19 heavy (non-hydrogen) atoms. The Balaban J connectivity index is 2.90. The van der Waals surface area contributed by atoms with Gasteiger partial charge in [-0.1, -0.05) is 0 Å². The first-order valence-corrected chi connectivity index (χ1v) is 7.20. The highest BCUT2D eigenvalue weighted by Gasteiger charge is 2.25. The van der Waals surface area contributed by atoms with Crippen LogP contribution in [0.5, 0.6) is 0 Å². The van der Waals surface area contributed by atoms with Crippen LogP contribution < -0.4 is 0 Å². The highest BCUT2D eigenvalue weighted by molar-refractivity contribution is 7.91. The number of carbonyl (C=O) groups is 1. The summed E-state index contributed by atoms with van der Waals surface area (Å²) in [5.74, 6) is -2.84. The Hall–Kier alpha value is -1.50. The number of benzene rings is 1. The van der Waals surface area contributed by atoms with E-state index in [1.165, 1.54) is 6.92 Å². The minimum Gasteiger partial charge on any atom is -0.469 e. The third-order valence-corrected chi connectivity index (χ3v) is 4.77. The van der Waals surface area contributed by atoms with Crippen molar-refractivity contribution in [1.82, 2.24) is 0 Å². The van der Waals surface area contributed by atoms with Gasteiger partial charge in [0, 0.05) is 5.56 Å². The Morgan fingerprint density at radius 2 is 2.00 bits per heavy atom. The maximum atomic E-state index is 13.4. The smallest absolute Gasteiger partial charge is 0.306 e. The molecule has 1 unspecified atom stereocenters. The van der Waals surface area contributed by atoms with Crippen LogP contribution in [0, 0.1) is 11.6 Å². The van der Waals surface area contributed by atoms with Gasteiger partial charge < -0.3 is 4.74 Å². The highest BCUT2D eigenvalue weighted by atomic mass is 32.2. The molecule has 0 aliphatic heterocycles. The molecule has 0 radical (unpaired) electrons. The molecular weight excluding hydrogens is 278 g/mol. The number of halogens is 2. The topological polar surface area (TPSA) is 60.4 Å². The van der Waals surface area contributed by atoms with Crippen molar-refractivity contribution in [3.8, 4) is 0 Å². The van der Waals surface area contributed by atoms with E-state index in [1.807, 2.05) is 0 Å². The fourth-order valence-corrected chi connectivity index (χ4v) is 2.79. The first-order valence-electron chi connectivity index (χ1n) is 5.48. The normalized spacial score (nSPS) is 13.1. The number of hydrogen-bond donors (Lipinski definition) is 0. The quantitative estimate of drug-likeness (QED) is 0.777. The van der Waals surface area contributed by atoms with E-state index >= 15 is 0 Å².